The van der Waals surface area contributed by atoms with Crippen molar-refractivity contribution in [2.45, 2.75) is 58.5 Å². The third kappa shape index (κ3) is 6.08. The molecule has 1 aliphatic rings. The van der Waals surface area contributed by atoms with Crippen molar-refractivity contribution in [2.75, 3.05) is 19.0 Å². The van der Waals surface area contributed by atoms with Crippen molar-refractivity contribution in [3.63, 3.8) is 0 Å². The number of pyridine rings is 1. The standard InChI is InChI=1S/C27H33N5O4/c1-3-36-24(33)13-15-32-23-16-19(18-31(2)26(35)20-8-5-4-6-9-20)11-12-22(23)29-27(32)30-25(34)21-10-7-14-28-17-21/h7,10-12,14,16-17,20H,3-6,8-9,13,15,18H2,1-2H3,(H,29,30,34). The Balaban J connectivity index is 1.58. The number of aryl methyl sites for hydroxylation is 1. The van der Waals surface area contributed by atoms with E-state index >= 15 is 0 Å². The van der Waals surface area contributed by atoms with Crippen LogP contribution < -0.4 is 5.32 Å². The molecule has 36 heavy (non-hydrogen) atoms. The molecule has 9 nitrogen and oxygen atoms in total. The van der Waals surface area contributed by atoms with E-state index in [0.29, 0.717) is 30.2 Å². The summed E-state index contributed by atoms with van der Waals surface area (Å²) in [4.78, 5) is 48.2. The van der Waals surface area contributed by atoms with Crippen molar-refractivity contribution in [1.29, 1.82) is 0 Å². The first-order valence-corrected chi connectivity index (χ1v) is 12.6. The topological polar surface area (TPSA) is 106 Å². The third-order valence-electron chi connectivity index (χ3n) is 6.56. The van der Waals surface area contributed by atoms with Crippen LogP contribution in [0.15, 0.2) is 42.7 Å². The number of ether oxygens (including phenoxy) is 1. The predicted molar refractivity (Wildman–Crippen MR) is 136 cm³/mol. The van der Waals surface area contributed by atoms with Gasteiger partial charge >= 0.3 is 5.97 Å². The van der Waals surface area contributed by atoms with Gasteiger partial charge in [0.1, 0.15) is 0 Å². The van der Waals surface area contributed by atoms with Crippen molar-refractivity contribution >= 4 is 34.8 Å². The van der Waals surface area contributed by atoms with Crippen LogP contribution in [0.1, 0.15) is 61.4 Å². The molecule has 4 rings (SSSR count). The minimum Gasteiger partial charge on any atom is -0.466 e. The summed E-state index contributed by atoms with van der Waals surface area (Å²) >= 11 is 0. The maximum absolute atomic E-state index is 12.9. The number of rotatable bonds is 9. The van der Waals surface area contributed by atoms with E-state index < -0.39 is 0 Å². The van der Waals surface area contributed by atoms with Gasteiger partial charge in [-0.15, -0.1) is 0 Å². The lowest BCUT2D eigenvalue weighted by molar-refractivity contribution is -0.143. The molecule has 0 atom stereocenters. The summed E-state index contributed by atoms with van der Waals surface area (Å²) in [5, 5.41) is 2.85. The molecule has 0 saturated heterocycles. The molecule has 9 heteroatoms. The molecule has 0 unspecified atom stereocenters. The second kappa shape index (κ2) is 11.8. The monoisotopic (exact) mass is 491 g/mol. The van der Waals surface area contributed by atoms with Crippen LogP contribution in [0.5, 0.6) is 0 Å². The first-order valence-electron chi connectivity index (χ1n) is 12.6. The Labute approximate surface area is 210 Å². The van der Waals surface area contributed by atoms with E-state index in [1.54, 1.807) is 30.2 Å². The van der Waals surface area contributed by atoms with E-state index in [1.807, 2.05) is 29.8 Å². The second-order valence-electron chi connectivity index (χ2n) is 9.19. The van der Waals surface area contributed by atoms with Gasteiger partial charge in [0.15, 0.2) is 0 Å². The van der Waals surface area contributed by atoms with E-state index in [9.17, 15) is 14.4 Å². The fraction of sp³-hybridized carbons (Fsp3) is 0.444. The van der Waals surface area contributed by atoms with Crippen LogP contribution in [0.3, 0.4) is 0 Å². The van der Waals surface area contributed by atoms with Crippen LogP contribution in [-0.2, 0) is 27.4 Å². The maximum Gasteiger partial charge on any atom is 0.307 e. The molecule has 2 amide bonds. The molecule has 0 radical (unpaired) electrons. The lowest BCUT2D eigenvalue weighted by atomic mass is 9.88. The van der Waals surface area contributed by atoms with Crippen molar-refractivity contribution in [2.24, 2.45) is 5.92 Å². The molecular formula is C27H33N5O4. The van der Waals surface area contributed by atoms with Gasteiger partial charge in [0.25, 0.3) is 5.91 Å². The highest BCUT2D eigenvalue weighted by molar-refractivity contribution is 6.03. The molecule has 1 fully saturated rings. The Bertz CT molecular complexity index is 1220. The van der Waals surface area contributed by atoms with Gasteiger partial charge in [-0.1, -0.05) is 25.3 Å². The Morgan fingerprint density at radius 3 is 2.69 bits per heavy atom. The number of nitrogens with zero attached hydrogens (tertiary/aromatic N) is 4. The quantitative estimate of drug-likeness (QED) is 0.450. The number of anilines is 1. The van der Waals surface area contributed by atoms with Gasteiger partial charge < -0.3 is 14.2 Å². The maximum atomic E-state index is 12.9. The second-order valence-corrected chi connectivity index (χ2v) is 9.19. The predicted octanol–water partition coefficient (Wildman–Crippen LogP) is 4.18. The first kappa shape index (κ1) is 25.3. The lowest BCUT2D eigenvalue weighted by Crippen LogP contribution is -2.33. The van der Waals surface area contributed by atoms with E-state index in [-0.39, 0.29) is 36.7 Å². The summed E-state index contributed by atoms with van der Waals surface area (Å²) in [7, 11) is 1.85. The number of carbonyl (C=O) groups excluding carboxylic acids is 3. The number of esters is 1. The van der Waals surface area contributed by atoms with Crippen LogP contribution >= 0.6 is 0 Å². The van der Waals surface area contributed by atoms with Crippen LogP contribution in [0, 0.1) is 5.92 Å². The average molecular weight is 492 g/mol. The van der Waals surface area contributed by atoms with E-state index in [0.717, 1.165) is 36.8 Å². The molecule has 0 aliphatic heterocycles. The highest BCUT2D eigenvalue weighted by atomic mass is 16.5. The number of benzene rings is 1. The van der Waals surface area contributed by atoms with Crippen molar-refractivity contribution in [3.05, 3.63) is 53.9 Å². The summed E-state index contributed by atoms with van der Waals surface area (Å²) in [5.74, 6) is -0.0227. The number of imidazole rings is 1. The van der Waals surface area contributed by atoms with Crippen molar-refractivity contribution in [1.82, 2.24) is 19.4 Å². The van der Waals surface area contributed by atoms with Crippen molar-refractivity contribution < 1.29 is 19.1 Å². The fourth-order valence-corrected chi connectivity index (χ4v) is 4.71. The Kier molecular flexibility index (Phi) is 8.30. The summed E-state index contributed by atoms with van der Waals surface area (Å²) in [5.41, 5.74) is 2.82. The van der Waals surface area contributed by atoms with E-state index in [2.05, 4.69) is 15.3 Å². The fourth-order valence-electron chi connectivity index (χ4n) is 4.71. The third-order valence-corrected chi connectivity index (χ3v) is 6.56. The van der Waals surface area contributed by atoms with Gasteiger partial charge in [-0.3, -0.25) is 24.7 Å². The SMILES string of the molecule is CCOC(=O)CCn1c(NC(=O)c2cccnc2)nc2ccc(CN(C)C(=O)C3CCCCC3)cc21. The largest absolute Gasteiger partial charge is 0.466 e. The van der Waals surface area contributed by atoms with Crippen LogP contribution in [0.4, 0.5) is 5.95 Å². The minimum atomic E-state index is -0.339. The molecule has 1 saturated carbocycles. The number of aromatic nitrogens is 3. The highest BCUT2D eigenvalue weighted by Gasteiger charge is 2.24. The number of fused-ring (bicyclic) bond motifs is 1. The zero-order valence-corrected chi connectivity index (χ0v) is 20.9. The molecule has 3 aromatic rings. The average Bonchev–Trinajstić information content (AvgIpc) is 3.24. The van der Waals surface area contributed by atoms with Gasteiger partial charge in [0, 0.05) is 38.4 Å². The number of hydrogen-bond acceptors (Lipinski definition) is 6. The van der Waals surface area contributed by atoms with Gasteiger partial charge in [-0.2, -0.15) is 0 Å². The van der Waals surface area contributed by atoms with E-state index in [4.69, 9.17) is 4.74 Å². The molecule has 0 spiro atoms. The van der Waals surface area contributed by atoms with E-state index in [1.165, 1.54) is 12.6 Å². The first-order chi connectivity index (χ1) is 17.5. The number of nitrogens with one attached hydrogen (secondary N) is 1. The Hall–Kier alpha value is -3.75. The molecule has 1 aromatic carbocycles. The summed E-state index contributed by atoms with van der Waals surface area (Å²) in [6.45, 7) is 2.84. The highest BCUT2D eigenvalue weighted by Crippen LogP contribution is 2.27. The van der Waals surface area contributed by atoms with Gasteiger partial charge in [-0.25, -0.2) is 4.98 Å². The summed E-state index contributed by atoms with van der Waals surface area (Å²) in [6.07, 6.45) is 8.58. The summed E-state index contributed by atoms with van der Waals surface area (Å²) in [6, 6.07) is 9.16. The normalized spacial score (nSPS) is 13.9. The number of amides is 2. The smallest absolute Gasteiger partial charge is 0.307 e. The van der Waals surface area contributed by atoms with Gasteiger partial charge in [0.2, 0.25) is 11.9 Å². The zero-order valence-electron chi connectivity index (χ0n) is 20.9. The van der Waals surface area contributed by atoms with Crippen molar-refractivity contribution in [3.8, 4) is 0 Å². The molecule has 190 valence electrons. The molecule has 2 aromatic heterocycles. The van der Waals surface area contributed by atoms with Crippen LogP contribution in [0.2, 0.25) is 0 Å². The minimum absolute atomic E-state index is 0.108. The Morgan fingerprint density at radius 2 is 1.97 bits per heavy atom. The molecule has 1 N–H and O–H groups in total. The van der Waals surface area contributed by atoms with Gasteiger partial charge in [0.05, 0.1) is 29.6 Å². The summed E-state index contributed by atoms with van der Waals surface area (Å²) < 4.78 is 6.90. The number of carbonyl (C=O) groups is 3. The van der Waals surface area contributed by atoms with Crippen LogP contribution in [0.25, 0.3) is 11.0 Å². The van der Waals surface area contributed by atoms with Gasteiger partial charge in [-0.05, 0) is 49.6 Å². The van der Waals surface area contributed by atoms with Crippen LogP contribution in [-0.4, -0.2) is 50.9 Å². The zero-order chi connectivity index (χ0) is 25.5. The molecule has 1 aliphatic carbocycles. The Morgan fingerprint density at radius 1 is 1.17 bits per heavy atom. The molecule has 2 heterocycles. The molecular weight excluding hydrogens is 458 g/mol. The lowest BCUT2D eigenvalue weighted by Gasteiger charge is -2.26. The number of hydrogen-bond donors (Lipinski definition) is 1. The molecule has 0 bridgehead atoms.